The summed E-state index contributed by atoms with van der Waals surface area (Å²) in [5.41, 5.74) is 1.95. The van der Waals surface area contributed by atoms with Crippen LogP contribution in [-0.4, -0.2) is 31.9 Å². The van der Waals surface area contributed by atoms with E-state index in [-0.39, 0.29) is 12.2 Å². The maximum absolute atomic E-state index is 11.8. The third-order valence-corrected chi connectivity index (χ3v) is 3.99. The maximum Gasteiger partial charge on any atom is 0.351 e. The summed E-state index contributed by atoms with van der Waals surface area (Å²) >= 11 is 1.31. The number of carbonyl (C=O) groups excluding carboxylic acids is 1. The second-order valence-corrected chi connectivity index (χ2v) is 5.40. The first-order valence-corrected chi connectivity index (χ1v) is 8.81. The van der Waals surface area contributed by atoms with E-state index in [0.29, 0.717) is 5.03 Å². The maximum atomic E-state index is 11.8. The highest BCUT2D eigenvalue weighted by Gasteiger charge is 2.16. The summed E-state index contributed by atoms with van der Waals surface area (Å²) in [5.74, 6) is -0.605. The van der Waals surface area contributed by atoms with Gasteiger partial charge in [0.25, 0.3) is 0 Å². The van der Waals surface area contributed by atoms with Crippen molar-refractivity contribution < 1.29 is 9.53 Å². The van der Waals surface area contributed by atoms with Crippen molar-refractivity contribution in [1.82, 2.24) is 0 Å². The molecule has 6 heteroatoms. The zero-order valence-corrected chi connectivity index (χ0v) is 14.9. The number of nitrogens with one attached hydrogen (secondary N) is 1. The molecule has 124 valence electrons. The number of thioether (sulfide) groups is 1. The Balaban J connectivity index is 2.99. The van der Waals surface area contributed by atoms with Crippen molar-refractivity contribution in [3.8, 4) is 6.07 Å². The van der Waals surface area contributed by atoms with Gasteiger partial charge in [0.1, 0.15) is 6.07 Å². The molecule has 0 aliphatic carbocycles. The predicted octanol–water partition coefficient (Wildman–Crippen LogP) is 3.61. The Morgan fingerprint density at radius 2 is 1.87 bits per heavy atom. The highest BCUT2D eigenvalue weighted by molar-refractivity contribution is 8.02. The summed E-state index contributed by atoms with van der Waals surface area (Å²) in [6, 6.07) is 9.82. The summed E-state index contributed by atoms with van der Waals surface area (Å²) in [7, 11) is 0. The van der Waals surface area contributed by atoms with Gasteiger partial charge >= 0.3 is 5.97 Å². The van der Waals surface area contributed by atoms with Gasteiger partial charge in [-0.2, -0.15) is 5.26 Å². The van der Waals surface area contributed by atoms with Gasteiger partial charge in [0.2, 0.25) is 0 Å². The largest absolute Gasteiger partial charge is 0.462 e. The number of anilines is 2. The SMILES string of the molecule is CCOC(=O)/C(C#N)=C(/Nc1ccc(N(CC)CC)cc1)SC. The molecule has 0 saturated carbocycles. The molecule has 5 nitrogen and oxygen atoms in total. The Kier molecular flexibility index (Phi) is 8.06. The fourth-order valence-corrected chi connectivity index (χ4v) is 2.64. The average Bonchev–Trinajstić information content (AvgIpc) is 2.57. The van der Waals surface area contributed by atoms with Gasteiger partial charge in [0, 0.05) is 24.5 Å². The molecule has 0 radical (unpaired) electrons. The van der Waals surface area contributed by atoms with Gasteiger partial charge in [-0.3, -0.25) is 0 Å². The number of ether oxygens (including phenoxy) is 1. The Bertz CT molecular complexity index is 587. The number of hydrogen-bond donors (Lipinski definition) is 1. The highest BCUT2D eigenvalue weighted by atomic mass is 32.2. The van der Waals surface area contributed by atoms with E-state index >= 15 is 0 Å². The average molecular weight is 333 g/mol. The number of benzene rings is 1. The monoisotopic (exact) mass is 333 g/mol. The third-order valence-electron chi connectivity index (χ3n) is 3.28. The van der Waals surface area contributed by atoms with E-state index in [9.17, 15) is 10.1 Å². The van der Waals surface area contributed by atoms with Crippen LogP contribution in [-0.2, 0) is 9.53 Å². The second-order valence-electron chi connectivity index (χ2n) is 4.58. The fraction of sp³-hybridized carbons (Fsp3) is 0.412. The van der Waals surface area contributed by atoms with Crippen molar-refractivity contribution in [2.45, 2.75) is 20.8 Å². The zero-order chi connectivity index (χ0) is 17.2. The van der Waals surface area contributed by atoms with Crippen LogP contribution in [0.2, 0.25) is 0 Å². The van der Waals surface area contributed by atoms with Gasteiger partial charge in [-0.1, -0.05) is 0 Å². The minimum atomic E-state index is -0.605. The standard InChI is InChI=1S/C17H23N3O2S/c1-5-20(6-2)14-10-8-13(9-11-14)19-16(23-4)15(12-18)17(21)22-7-3/h8-11,19H,5-7H2,1-4H3/b16-15-. The molecule has 0 amide bonds. The number of hydrogen-bond acceptors (Lipinski definition) is 6. The molecule has 0 unspecified atom stereocenters. The first kappa shape index (κ1) is 18.9. The van der Waals surface area contributed by atoms with Gasteiger partial charge in [0.05, 0.1) is 11.6 Å². The number of nitrogens with zero attached hydrogens (tertiary/aromatic N) is 2. The molecule has 0 aliphatic heterocycles. The molecule has 0 fully saturated rings. The van der Waals surface area contributed by atoms with Gasteiger partial charge < -0.3 is 15.0 Å². The summed E-state index contributed by atoms with van der Waals surface area (Å²) in [5, 5.41) is 12.8. The van der Waals surface area contributed by atoms with Crippen molar-refractivity contribution in [2.75, 3.05) is 36.2 Å². The third kappa shape index (κ3) is 5.22. The van der Waals surface area contributed by atoms with Gasteiger partial charge in [0.15, 0.2) is 5.57 Å². The van der Waals surface area contributed by atoms with Crippen LogP contribution in [0.25, 0.3) is 0 Å². The molecular formula is C17H23N3O2S. The highest BCUT2D eigenvalue weighted by Crippen LogP contribution is 2.23. The molecule has 0 atom stereocenters. The van der Waals surface area contributed by atoms with Crippen LogP contribution in [0.15, 0.2) is 34.9 Å². The summed E-state index contributed by atoms with van der Waals surface area (Å²) < 4.78 is 4.92. The van der Waals surface area contributed by atoms with Crippen LogP contribution < -0.4 is 10.2 Å². The molecule has 0 spiro atoms. The first-order chi connectivity index (χ1) is 11.1. The predicted molar refractivity (Wildman–Crippen MR) is 96.4 cm³/mol. The van der Waals surface area contributed by atoms with E-state index in [4.69, 9.17) is 4.74 Å². The van der Waals surface area contributed by atoms with Crippen molar-refractivity contribution in [1.29, 1.82) is 5.26 Å². The smallest absolute Gasteiger partial charge is 0.351 e. The molecule has 0 aliphatic rings. The minimum Gasteiger partial charge on any atom is -0.462 e. The lowest BCUT2D eigenvalue weighted by Crippen LogP contribution is -2.21. The number of esters is 1. The van der Waals surface area contributed by atoms with Gasteiger partial charge in [-0.15, -0.1) is 11.8 Å². The number of carbonyl (C=O) groups is 1. The van der Waals surface area contributed by atoms with Crippen molar-refractivity contribution in [3.05, 3.63) is 34.9 Å². The topological polar surface area (TPSA) is 65.4 Å². The van der Waals surface area contributed by atoms with Crippen LogP contribution in [0.1, 0.15) is 20.8 Å². The molecule has 1 rings (SSSR count). The van der Waals surface area contributed by atoms with Crippen LogP contribution in [0.4, 0.5) is 11.4 Å². The molecule has 1 aromatic carbocycles. The van der Waals surface area contributed by atoms with Crippen LogP contribution in [0.3, 0.4) is 0 Å². The lowest BCUT2D eigenvalue weighted by Gasteiger charge is -2.21. The molecule has 1 aromatic rings. The first-order valence-electron chi connectivity index (χ1n) is 7.58. The minimum absolute atomic E-state index is 0.00725. The van der Waals surface area contributed by atoms with E-state index in [0.717, 1.165) is 24.5 Å². The van der Waals surface area contributed by atoms with E-state index in [2.05, 4.69) is 24.1 Å². The Morgan fingerprint density at radius 3 is 2.30 bits per heavy atom. The number of nitriles is 1. The molecule has 23 heavy (non-hydrogen) atoms. The van der Waals surface area contributed by atoms with Crippen molar-refractivity contribution in [2.24, 2.45) is 0 Å². The Hall–Kier alpha value is -2.13. The fourth-order valence-electron chi connectivity index (χ4n) is 2.08. The Morgan fingerprint density at radius 1 is 1.26 bits per heavy atom. The van der Waals surface area contributed by atoms with Crippen LogP contribution >= 0.6 is 11.8 Å². The van der Waals surface area contributed by atoms with E-state index in [1.165, 1.54) is 11.8 Å². The molecule has 1 N–H and O–H groups in total. The molecule has 0 heterocycles. The van der Waals surface area contributed by atoms with Crippen LogP contribution in [0, 0.1) is 11.3 Å². The lowest BCUT2D eigenvalue weighted by atomic mass is 10.2. The van der Waals surface area contributed by atoms with Gasteiger partial charge in [-0.05, 0) is 51.3 Å². The normalized spacial score (nSPS) is 11.3. The van der Waals surface area contributed by atoms with E-state index < -0.39 is 5.97 Å². The Labute approximate surface area is 142 Å². The molecular weight excluding hydrogens is 310 g/mol. The van der Waals surface area contributed by atoms with E-state index in [1.807, 2.05) is 36.6 Å². The quantitative estimate of drug-likeness (QED) is 0.445. The second kappa shape index (κ2) is 9.80. The zero-order valence-electron chi connectivity index (χ0n) is 14.0. The molecule has 0 bridgehead atoms. The van der Waals surface area contributed by atoms with Crippen molar-refractivity contribution in [3.63, 3.8) is 0 Å². The molecule has 0 saturated heterocycles. The van der Waals surface area contributed by atoms with Crippen LogP contribution in [0.5, 0.6) is 0 Å². The van der Waals surface area contributed by atoms with E-state index in [1.54, 1.807) is 6.92 Å². The summed E-state index contributed by atoms with van der Waals surface area (Å²) in [4.78, 5) is 14.1. The molecule has 0 aromatic heterocycles. The van der Waals surface area contributed by atoms with Crippen molar-refractivity contribution >= 4 is 29.1 Å². The number of rotatable bonds is 8. The lowest BCUT2D eigenvalue weighted by molar-refractivity contribution is -0.138. The summed E-state index contributed by atoms with van der Waals surface area (Å²) in [6.07, 6.45) is 1.81. The summed E-state index contributed by atoms with van der Waals surface area (Å²) in [6.45, 7) is 8.07. The van der Waals surface area contributed by atoms with Gasteiger partial charge in [-0.25, -0.2) is 4.79 Å².